The molecule has 4 rings (SSSR count). The molecule has 1 amide bonds. The molecule has 1 unspecified atom stereocenters. The van der Waals surface area contributed by atoms with Gasteiger partial charge in [-0.25, -0.2) is 9.97 Å². The zero-order valence-electron chi connectivity index (χ0n) is 15.2. The maximum Gasteiger partial charge on any atom is 0.264 e. The van der Waals surface area contributed by atoms with E-state index < -0.39 is 0 Å². The number of carbonyl (C=O) groups is 2. The molecule has 6 heteroatoms. The summed E-state index contributed by atoms with van der Waals surface area (Å²) in [6.45, 7) is -0.143. The highest BCUT2D eigenvalue weighted by molar-refractivity contribution is 5.99. The summed E-state index contributed by atoms with van der Waals surface area (Å²) in [5.41, 5.74) is 2.31. The Morgan fingerprint density at radius 2 is 1.75 bits per heavy atom. The Kier molecular flexibility index (Phi) is 5.10. The minimum absolute atomic E-state index is 0.0281. The summed E-state index contributed by atoms with van der Waals surface area (Å²) >= 11 is 0. The first-order valence-corrected chi connectivity index (χ1v) is 9.11. The quantitative estimate of drug-likeness (QED) is 0.741. The molecular weight excluding hydrogens is 354 g/mol. The molecular formula is C22H19N3O3. The first kappa shape index (κ1) is 17.9. The van der Waals surface area contributed by atoms with E-state index in [0.717, 1.165) is 5.56 Å². The van der Waals surface area contributed by atoms with Crippen molar-refractivity contribution in [2.45, 2.75) is 18.8 Å². The molecule has 1 N–H and O–H groups in total. The predicted molar refractivity (Wildman–Crippen MR) is 104 cm³/mol. The minimum Gasteiger partial charge on any atom is -0.484 e. The van der Waals surface area contributed by atoms with Gasteiger partial charge >= 0.3 is 0 Å². The Morgan fingerprint density at radius 1 is 1.04 bits per heavy atom. The number of ketones is 1. The number of hydrogen-bond donors (Lipinski definition) is 1. The number of anilines is 1. The number of nitrogens with one attached hydrogen (secondary N) is 1. The van der Waals surface area contributed by atoms with E-state index in [0.29, 0.717) is 29.8 Å². The van der Waals surface area contributed by atoms with Crippen LogP contribution in [0.3, 0.4) is 0 Å². The number of Topliss-reactive ketones (excluding diaryl/α,β-unsaturated/α-hetero) is 1. The van der Waals surface area contributed by atoms with Crippen LogP contribution in [0.1, 0.15) is 34.0 Å². The van der Waals surface area contributed by atoms with Crippen LogP contribution >= 0.6 is 0 Å². The topological polar surface area (TPSA) is 81.2 Å². The first-order chi connectivity index (χ1) is 13.7. The van der Waals surface area contributed by atoms with Gasteiger partial charge in [0.05, 0.1) is 11.3 Å². The van der Waals surface area contributed by atoms with E-state index >= 15 is 0 Å². The van der Waals surface area contributed by atoms with Crippen molar-refractivity contribution in [1.82, 2.24) is 9.97 Å². The van der Waals surface area contributed by atoms with Gasteiger partial charge in [0, 0.05) is 12.6 Å². The lowest BCUT2D eigenvalue weighted by Gasteiger charge is -2.23. The number of fused-ring (bicyclic) bond motifs is 1. The van der Waals surface area contributed by atoms with Crippen molar-refractivity contribution in [3.63, 3.8) is 0 Å². The molecule has 2 aromatic carbocycles. The molecule has 1 heterocycles. The van der Waals surface area contributed by atoms with Crippen molar-refractivity contribution >= 4 is 17.6 Å². The highest BCUT2D eigenvalue weighted by atomic mass is 16.5. The third-order valence-electron chi connectivity index (χ3n) is 4.67. The molecule has 0 saturated carbocycles. The predicted octanol–water partition coefficient (Wildman–Crippen LogP) is 3.41. The molecule has 0 spiro atoms. The second kappa shape index (κ2) is 8.00. The fraction of sp³-hybridized carbons (Fsp3) is 0.182. The van der Waals surface area contributed by atoms with E-state index in [4.69, 9.17) is 4.74 Å². The SMILES string of the molecule is O=C(COc1ccccc1)Nc1ncc2c(n1)CC(c1ccccc1)CC2=O. The number of ether oxygens (including phenoxy) is 1. The third-order valence-corrected chi connectivity index (χ3v) is 4.67. The molecule has 1 aliphatic carbocycles. The molecule has 0 radical (unpaired) electrons. The molecule has 140 valence electrons. The highest BCUT2D eigenvalue weighted by Gasteiger charge is 2.28. The number of hydrogen-bond acceptors (Lipinski definition) is 5. The second-order valence-electron chi connectivity index (χ2n) is 6.64. The van der Waals surface area contributed by atoms with Crippen LogP contribution in [-0.2, 0) is 11.2 Å². The Bertz CT molecular complexity index is 990. The van der Waals surface area contributed by atoms with Gasteiger partial charge < -0.3 is 4.74 Å². The molecule has 1 aliphatic rings. The molecule has 3 aromatic rings. The van der Waals surface area contributed by atoms with Gasteiger partial charge in [-0.1, -0.05) is 48.5 Å². The Morgan fingerprint density at radius 3 is 2.50 bits per heavy atom. The van der Waals surface area contributed by atoms with Crippen LogP contribution in [0.15, 0.2) is 66.9 Å². The van der Waals surface area contributed by atoms with E-state index in [1.165, 1.54) is 6.20 Å². The van der Waals surface area contributed by atoms with Crippen LogP contribution in [-0.4, -0.2) is 28.3 Å². The summed E-state index contributed by atoms with van der Waals surface area (Å²) in [7, 11) is 0. The summed E-state index contributed by atoms with van der Waals surface area (Å²) < 4.78 is 5.42. The van der Waals surface area contributed by atoms with Crippen LogP contribution in [0, 0.1) is 0 Å². The van der Waals surface area contributed by atoms with Crippen molar-refractivity contribution < 1.29 is 14.3 Å². The summed E-state index contributed by atoms with van der Waals surface area (Å²) in [6.07, 6.45) is 2.58. The Labute approximate surface area is 162 Å². The molecule has 28 heavy (non-hydrogen) atoms. The number of para-hydroxylation sites is 1. The van der Waals surface area contributed by atoms with Crippen LogP contribution in [0.25, 0.3) is 0 Å². The minimum atomic E-state index is -0.356. The van der Waals surface area contributed by atoms with Crippen molar-refractivity contribution in [1.29, 1.82) is 0 Å². The molecule has 0 saturated heterocycles. The summed E-state index contributed by atoms with van der Waals surface area (Å²) in [6, 6.07) is 19.0. The van der Waals surface area contributed by atoms with Gasteiger partial charge in [-0.3, -0.25) is 14.9 Å². The van der Waals surface area contributed by atoms with Crippen LogP contribution in [0.2, 0.25) is 0 Å². The van der Waals surface area contributed by atoms with Crippen LogP contribution in [0.5, 0.6) is 5.75 Å². The molecule has 0 fully saturated rings. The van der Waals surface area contributed by atoms with E-state index in [-0.39, 0.29) is 30.2 Å². The van der Waals surface area contributed by atoms with Gasteiger partial charge in [-0.05, 0) is 30.0 Å². The fourth-order valence-electron chi connectivity index (χ4n) is 3.29. The summed E-state index contributed by atoms with van der Waals surface area (Å²) in [4.78, 5) is 33.1. The van der Waals surface area contributed by atoms with Gasteiger partial charge in [0.2, 0.25) is 5.95 Å². The van der Waals surface area contributed by atoms with Gasteiger partial charge in [0.1, 0.15) is 5.75 Å². The molecule has 0 bridgehead atoms. The van der Waals surface area contributed by atoms with Gasteiger partial charge in [-0.15, -0.1) is 0 Å². The van der Waals surface area contributed by atoms with E-state index in [1.54, 1.807) is 12.1 Å². The maximum absolute atomic E-state index is 12.5. The zero-order chi connectivity index (χ0) is 19.3. The lowest BCUT2D eigenvalue weighted by molar-refractivity contribution is -0.118. The maximum atomic E-state index is 12.5. The number of rotatable bonds is 5. The second-order valence-corrected chi connectivity index (χ2v) is 6.64. The van der Waals surface area contributed by atoms with Crippen molar-refractivity contribution in [2.24, 2.45) is 0 Å². The number of carbonyl (C=O) groups excluding carboxylic acids is 2. The number of nitrogens with zero attached hydrogens (tertiary/aromatic N) is 2. The average molecular weight is 373 g/mol. The van der Waals surface area contributed by atoms with Crippen LogP contribution < -0.4 is 10.1 Å². The average Bonchev–Trinajstić information content (AvgIpc) is 2.73. The van der Waals surface area contributed by atoms with Crippen molar-refractivity contribution in [3.05, 3.63) is 83.7 Å². The lowest BCUT2D eigenvalue weighted by Crippen LogP contribution is -2.24. The van der Waals surface area contributed by atoms with E-state index in [1.807, 2.05) is 48.5 Å². The van der Waals surface area contributed by atoms with E-state index in [9.17, 15) is 9.59 Å². The van der Waals surface area contributed by atoms with Crippen molar-refractivity contribution in [2.75, 3.05) is 11.9 Å². The highest BCUT2D eigenvalue weighted by Crippen LogP contribution is 2.31. The Hall–Kier alpha value is -3.54. The lowest BCUT2D eigenvalue weighted by atomic mass is 9.82. The summed E-state index contributed by atoms with van der Waals surface area (Å²) in [5, 5.41) is 2.63. The first-order valence-electron chi connectivity index (χ1n) is 9.11. The largest absolute Gasteiger partial charge is 0.484 e. The van der Waals surface area contributed by atoms with Gasteiger partial charge in [0.25, 0.3) is 5.91 Å². The monoisotopic (exact) mass is 373 g/mol. The Balaban J connectivity index is 1.44. The van der Waals surface area contributed by atoms with Gasteiger partial charge in [0.15, 0.2) is 12.4 Å². The zero-order valence-corrected chi connectivity index (χ0v) is 15.2. The normalized spacial score (nSPS) is 15.6. The smallest absolute Gasteiger partial charge is 0.264 e. The van der Waals surface area contributed by atoms with Gasteiger partial charge in [-0.2, -0.15) is 0 Å². The molecule has 1 atom stereocenters. The number of amides is 1. The molecule has 0 aliphatic heterocycles. The summed E-state index contributed by atoms with van der Waals surface area (Å²) in [5.74, 6) is 0.550. The number of benzene rings is 2. The van der Waals surface area contributed by atoms with Crippen molar-refractivity contribution in [3.8, 4) is 5.75 Å². The molecule has 6 nitrogen and oxygen atoms in total. The standard InChI is InChI=1S/C22H19N3O3/c26-20-12-16(15-7-3-1-4-8-15)11-19-18(20)13-23-22(24-19)25-21(27)14-28-17-9-5-2-6-10-17/h1-10,13,16H,11-12,14H2,(H,23,24,25,27). The number of aromatic nitrogens is 2. The third kappa shape index (κ3) is 4.06. The fourth-order valence-corrected chi connectivity index (χ4v) is 3.29. The van der Waals surface area contributed by atoms with E-state index in [2.05, 4.69) is 15.3 Å². The molecule has 1 aromatic heterocycles. The van der Waals surface area contributed by atoms with Crippen LogP contribution in [0.4, 0.5) is 5.95 Å².